The van der Waals surface area contributed by atoms with Gasteiger partial charge in [0.15, 0.2) is 18.5 Å². The Bertz CT molecular complexity index is 758. The Kier molecular flexibility index (Phi) is 18.0. The van der Waals surface area contributed by atoms with Crippen molar-refractivity contribution in [1.29, 1.82) is 0 Å². The van der Waals surface area contributed by atoms with Crippen molar-refractivity contribution in [2.24, 2.45) is 0 Å². The van der Waals surface area contributed by atoms with Crippen LogP contribution in [0.3, 0.4) is 0 Å². The largest absolute Gasteiger partial charge is 0.455 e. The van der Waals surface area contributed by atoms with Crippen LogP contribution in [-0.2, 0) is 38.4 Å². The Hall–Kier alpha value is -1.31. The van der Waals surface area contributed by atoms with Gasteiger partial charge in [-0.25, -0.2) is 4.18 Å². The highest BCUT2D eigenvalue weighted by Crippen LogP contribution is 2.29. The molecule has 0 radical (unpaired) electrons. The number of aliphatic hydroxyl groups is 2. The molecule has 12 heteroatoms. The Morgan fingerprint density at radius 1 is 0.711 bits per heavy atom. The lowest BCUT2D eigenvalue weighted by atomic mass is 9.98. The summed E-state index contributed by atoms with van der Waals surface area (Å²) in [7, 11) is -5.07. The number of unbranched alkanes of at least 4 members (excludes halogenated alkanes) is 12. The second-order valence-electron chi connectivity index (χ2n) is 9.89. The van der Waals surface area contributed by atoms with Crippen molar-refractivity contribution in [2.45, 2.75) is 147 Å². The number of carbonyl (C=O) groups excluding carboxylic acids is 2. The van der Waals surface area contributed by atoms with E-state index in [1.165, 1.54) is 6.42 Å². The number of esters is 2. The molecule has 1 aliphatic heterocycles. The van der Waals surface area contributed by atoms with Crippen molar-refractivity contribution in [2.75, 3.05) is 6.61 Å². The van der Waals surface area contributed by atoms with Crippen molar-refractivity contribution in [1.82, 2.24) is 0 Å². The maximum atomic E-state index is 12.6. The molecular weight excluding hydrogens is 520 g/mol. The molecule has 0 aromatic rings. The zero-order valence-electron chi connectivity index (χ0n) is 22.9. The van der Waals surface area contributed by atoms with Crippen LogP contribution in [0, 0.1) is 0 Å². The Balaban J connectivity index is 2.79. The highest BCUT2D eigenvalue weighted by atomic mass is 32.3. The molecule has 3 N–H and O–H groups in total. The minimum atomic E-state index is -5.07. The van der Waals surface area contributed by atoms with E-state index in [0.29, 0.717) is 12.8 Å². The van der Waals surface area contributed by atoms with Gasteiger partial charge in [-0.3, -0.25) is 14.1 Å². The van der Waals surface area contributed by atoms with Gasteiger partial charge in [0, 0.05) is 12.8 Å². The lowest BCUT2D eigenvalue weighted by Gasteiger charge is -2.42. The molecule has 0 aromatic carbocycles. The lowest BCUT2D eigenvalue weighted by molar-refractivity contribution is -0.289. The summed E-state index contributed by atoms with van der Waals surface area (Å²) in [6.07, 6.45) is 5.45. The SMILES string of the molecule is CCCCCCCCCC(=O)O[C@@H]1[C@@H](OC(=O)CCCCCCCCC)[C@@H](O)O[C@H](CO)[C@H]1OS(=O)(=O)O. The quantitative estimate of drug-likeness (QED) is 0.104. The number of ether oxygens (including phenoxy) is 3. The number of hydrogen-bond acceptors (Lipinski definition) is 10. The van der Waals surface area contributed by atoms with Gasteiger partial charge in [0.1, 0.15) is 12.2 Å². The normalized spacial score (nSPS) is 23.8. The van der Waals surface area contributed by atoms with Gasteiger partial charge in [-0.2, -0.15) is 8.42 Å². The summed E-state index contributed by atoms with van der Waals surface area (Å²) < 4.78 is 52.8. The lowest BCUT2D eigenvalue weighted by Crippen LogP contribution is -2.62. The predicted molar refractivity (Wildman–Crippen MR) is 139 cm³/mol. The summed E-state index contributed by atoms with van der Waals surface area (Å²) in [6, 6.07) is 0. The molecule has 1 fully saturated rings. The highest BCUT2D eigenvalue weighted by molar-refractivity contribution is 7.80. The summed E-state index contributed by atoms with van der Waals surface area (Å²) in [6.45, 7) is 3.44. The first-order valence-corrected chi connectivity index (χ1v) is 15.5. The minimum absolute atomic E-state index is 0.0162. The molecule has 1 heterocycles. The summed E-state index contributed by atoms with van der Waals surface area (Å²) in [5, 5.41) is 20.1. The summed E-state index contributed by atoms with van der Waals surface area (Å²) in [5.74, 6) is -1.40. The molecule has 0 amide bonds. The molecule has 0 bridgehead atoms. The fraction of sp³-hybridized carbons (Fsp3) is 0.923. The van der Waals surface area contributed by atoms with Crippen molar-refractivity contribution in [3.05, 3.63) is 0 Å². The van der Waals surface area contributed by atoms with Crippen LogP contribution < -0.4 is 0 Å². The van der Waals surface area contributed by atoms with Gasteiger partial charge in [-0.1, -0.05) is 90.9 Å². The fourth-order valence-corrected chi connectivity index (χ4v) is 4.95. The third-order valence-electron chi connectivity index (χ3n) is 6.53. The first kappa shape index (κ1) is 34.7. The van der Waals surface area contributed by atoms with Gasteiger partial charge in [0.25, 0.3) is 0 Å². The predicted octanol–water partition coefficient (Wildman–Crippen LogP) is 3.99. The van der Waals surface area contributed by atoms with Gasteiger partial charge >= 0.3 is 22.3 Å². The van der Waals surface area contributed by atoms with E-state index in [9.17, 15) is 32.8 Å². The molecule has 1 aliphatic rings. The Labute approximate surface area is 227 Å². The molecule has 38 heavy (non-hydrogen) atoms. The van der Waals surface area contributed by atoms with Crippen molar-refractivity contribution >= 4 is 22.3 Å². The van der Waals surface area contributed by atoms with Crippen molar-refractivity contribution < 1.29 is 51.2 Å². The maximum absolute atomic E-state index is 12.6. The first-order chi connectivity index (χ1) is 18.1. The molecular formula is C26H48O11S. The smallest absolute Gasteiger partial charge is 0.397 e. The van der Waals surface area contributed by atoms with Gasteiger partial charge < -0.3 is 24.4 Å². The van der Waals surface area contributed by atoms with Crippen molar-refractivity contribution in [3.63, 3.8) is 0 Å². The van der Waals surface area contributed by atoms with Crippen LogP contribution in [0.2, 0.25) is 0 Å². The van der Waals surface area contributed by atoms with Gasteiger partial charge in [-0.05, 0) is 12.8 Å². The van der Waals surface area contributed by atoms with E-state index in [-0.39, 0.29) is 12.8 Å². The average molecular weight is 569 g/mol. The maximum Gasteiger partial charge on any atom is 0.397 e. The van der Waals surface area contributed by atoms with Crippen LogP contribution in [0.5, 0.6) is 0 Å². The zero-order valence-corrected chi connectivity index (χ0v) is 23.7. The third-order valence-corrected chi connectivity index (χ3v) is 6.99. The summed E-state index contributed by atoms with van der Waals surface area (Å²) in [5.41, 5.74) is 0. The monoisotopic (exact) mass is 568 g/mol. The van der Waals surface area contributed by atoms with Crippen LogP contribution >= 0.6 is 0 Å². The average Bonchev–Trinajstić information content (AvgIpc) is 2.85. The van der Waals surface area contributed by atoms with E-state index in [2.05, 4.69) is 18.0 Å². The zero-order chi connectivity index (χ0) is 28.4. The fourth-order valence-electron chi connectivity index (χ4n) is 4.43. The molecule has 0 aromatic heterocycles. The Morgan fingerprint density at radius 2 is 1.13 bits per heavy atom. The van der Waals surface area contributed by atoms with Crippen LogP contribution in [0.25, 0.3) is 0 Å². The number of hydrogen-bond donors (Lipinski definition) is 3. The van der Waals surface area contributed by atoms with E-state index < -0.39 is 59.7 Å². The van der Waals surface area contributed by atoms with E-state index in [0.717, 1.165) is 70.6 Å². The number of aliphatic hydroxyl groups excluding tert-OH is 2. The topological polar surface area (TPSA) is 166 Å². The standard InChI is InChI=1S/C26H48O11S/c1-3-5-7-9-11-13-15-17-21(28)35-24-23(37-38(31,32)33)20(19-27)34-26(30)25(24)36-22(29)18-16-14-12-10-8-6-4-2/h20,23-27,30H,3-19H2,1-2H3,(H,31,32,33)/t20-,23-,24+,25-,26+/m1/s1. The Morgan fingerprint density at radius 3 is 1.55 bits per heavy atom. The van der Waals surface area contributed by atoms with Crippen LogP contribution in [0.15, 0.2) is 0 Å². The summed E-state index contributed by atoms with van der Waals surface area (Å²) >= 11 is 0. The van der Waals surface area contributed by atoms with Gasteiger partial charge in [-0.15, -0.1) is 0 Å². The first-order valence-electron chi connectivity index (χ1n) is 14.1. The second-order valence-corrected chi connectivity index (χ2v) is 10.9. The van der Waals surface area contributed by atoms with Crippen molar-refractivity contribution in [3.8, 4) is 0 Å². The minimum Gasteiger partial charge on any atom is -0.455 e. The van der Waals surface area contributed by atoms with Gasteiger partial charge in [0.2, 0.25) is 0 Å². The van der Waals surface area contributed by atoms with Gasteiger partial charge in [0.05, 0.1) is 6.61 Å². The second kappa shape index (κ2) is 19.7. The molecule has 0 unspecified atom stereocenters. The van der Waals surface area contributed by atoms with E-state index >= 15 is 0 Å². The molecule has 0 aliphatic carbocycles. The third kappa shape index (κ3) is 14.7. The molecule has 1 rings (SSSR count). The molecule has 1 saturated heterocycles. The number of rotatable bonds is 21. The summed E-state index contributed by atoms with van der Waals surface area (Å²) in [4.78, 5) is 25.1. The highest BCUT2D eigenvalue weighted by Gasteiger charge is 2.52. The van der Waals surface area contributed by atoms with Crippen LogP contribution in [0.1, 0.15) is 117 Å². The van der Waals surface area contributed by atoms with Crippen LogP contribution in [-0.4, -0.2) is 72.4 Å². The van der Waals surface area contributed by atoms with Crippen LogP contribution in [0.4, 0.5) is 0 Å². The molecule has 224 valence electrons. The molecule has 0 spiro atoms. The molecule has 5 atom stereocenters. The van der Waals surface area contributed by atoms with E-state index in [1.807, 2.05) is 0 Å². The molecule has 11 nitrogen and oxygen atoms in total. The van der Waals surface area contributed by atoms with E-state index in [4.69, 9.17) is 14.2 Å². The van der Waals surface area contributed by atoms with E-state index in [1.54, 1.807) is 0 Å². The number of carbonyl (C=O) groups is 2. The molecule has 0 saturated carbocycles.